The third kappa shape index (κ3) is 10.3. The van der Waals surface area contributed by atoms with Gasteiger partial charge in [0.05, 0.1) is 32.1 Å². The summed E-state index contributed by atoms with van der Waals surface area (Å²) in [5, 5.41) is 7.26. The minimum atomic E-state index is -3.82. The highest BCUT2D eigenvalue weighted by atomic mass is 31.2. The molecule has 0 amide bonds. The minimum absolute atomic E-state index is 0.0339. The van der Waals surface area contributed by atoms with Crippen LogP contribution in [0.3, 0.4) is 0 Å². The summed E-state index contributed by atoms with van der Waals surface area (Å²) in [7, 11) is -7.65. The summed E-state index contributed by atoms with van der Waals surface area (Å²) in [6.07, 6.45) is 9.14. The van der Waals surface area contributed by atoms with Gasteiger partial charge in [-0.05, 0) is 67.7 Å². The van der Waals surface area contributed by atoms with Crippen LogP contribution in [-0.4, -0.2) is 46.8 Å². The topological polar surface area (TPSA) is 102 Å². The van der Waals surface area contributed by atoms with Gasteiger partial charge in [-0.2, -0.15) is 0 Å². The summed E-state index contributed by atoms with van der Waals surface area (Å²) in [5.74, 6) is 0. The van der Waals surface area contributed by atoms with E-state index < -0.39 is 20.6 Å². The Morgan fingerprint density at radius 1 is 0.912 bits per heavy atom. The molecule has 1 rings (SSSR count). The summed E-state index contributed by atoms with van der Waals surface area (Å²) in [5.41, 5.74) is 3.19. The fraction of sp³-hybridized carbons (Fsp3) is 0.739. The molecule has 9 nitrogen and oxygen atoms in total. The van der Waals surface area contributed by atoms with Crippen molar-refractivity contribution in [1.82, 2.24) is 15.0 Å². The molecule has 0 fully saturated rings. The van der Waals surface area contributed by atoms with E-state index in [2.05, 4.69) is 43.2 Å². The molecule has 0 aliphatic heterocycles. The number of allylic oxidation sites excluding steroid dienone is 4. The summed E-state index contributed by atoms with van der Waals surface area (Å²) in [6, 6.07) is 0. The zero-order valence-electron chi connectivity index (χ0n) is 21.9. The molecule has 0 N–H and O–H groups in total. The molecule has 0 saturated carbocycles. The Labute approximate surface area is 205 Å². The molecule has 34 heavy (non-hydrogen) atoms. The van der Waals surface area contributed by atoms with Crippen molar-refractivity contribution in [2.75, 3.05) is 26.4 Å². The van der Waals surface area contributed by atoms with Crippen molar-refractivity contribution in [2.45, 2.75) is 86.1 Å². The average Bonchev–Trinajstić information content (AvgIpc) is 3.20. The van der Waals surface area contributed by atoms with Crippen LogP contribution in [-0.2, 0) is 40.2 Å². The Balaban J connectivity index is 3.02. The van der Waals surface area contributed by atoms with Crippen LogP contribution < -0.4 is 0 Å². The van der Waals surface area contributed by atoms with E-state index in [1.807, 2.05) is 0 Å². The zero-order chi connectivity index (χ0) is 25.6. The smallest absolute Gasteiger partial charge is 0.308 e. The zero-order valence-corrected chi connectivity index (χ0v) is 23.6. The number of nitrogens with zero attached hydrogens (tertiary/aromatic N) is 3. The van der Waals surface area contributed by atoms with E-state index in [-0.39, 0.29) is 32.8 Å². The molecule has 11 heteroatoms. The fourth-order valence-electron chi connectivity index (χ4n) is 3.40. The number of hydrogen-bond donors (Lipinski definition) is 0. The second-order valence-electron chi connectivity index (χ2n) is 8.07. The largest absolute Gasteiger partial charge is 0.346 e. The van der Waals surface area contributed by atoms with Gasteiger partial charge in [0.2, 0.25) is 0 Å². The molecule has 1 aromatic heterocycles. The first-order valence-electron chi connectivity index (χ1n) is 12.1. The molecule has 196 valence electrons. The van der Waals surface area contributed by atoms with Crippen molar-refractivity contribution in [3.63, 3.8) is 0 Å². The number of aromatic nitrogens is 3. The van der Waals surface area contributed by atoms with Crippen LogP contribution in [0.1, 0.15) is 73.4 Å². The average molecular weight is 520 g/mol. The first-order chi connectivity index (χ1) is 16.1. The molecule has 0 bridgehead atoms. The third-order valence-corrected chi connectivity index (χ3v) is 10.9. The van der Waals surface area contributed by atoms with Crippen LogP contribution in [0, 0.1) is 0 Å². The summed E-state index contributed by atoms with van der Waals surface area (Å²) in [6.45, 7) is 14.4. The van der Waals surface area contributed by atoms with E-state index in [0.717, 1.165) is 19.3 Å². The van der Waals surface area contributed by atoms with E-state index in [1.165, 1.54) is 11.1 Å². The molecule has 0 aliphatic carbocycles. The lowest BCUT2D eigenvalue weighted by atomic mass is 10.1. The lowest BCUT2D eigenvalue weighted by Crippen LogP contribution is -2.20. The van der Waals surface area contributed by atoms with Gasteiger partial charge >= 0.3 is 15.2 Å². The molecule has 0 aliphatic rings. The van der Waals surface area contributed by atoms with Crippen molar-refractivity contribution in [3.05, 3.63) is 35.2 Å². The molecule has 0 atom stereocenters. The Hall–Kier alpha value is -1.08. The number of hydrogen-bond acceptors (Lipinski definition) is 8. The number of aryl methyl sites for hydroxylation is 1. The van der Waals surface area contributed by atoms with Gasteiger partial charge in [0, 0.05) is 19.2 Å². The maximum atomic E-state index is 13.7. The first kappa shape index (κ1) is 31.0. The molecule has 0 saturated heterocycles. The van der Waals surface area contributed by atoms with Crippen LogP contribution in [0.25, 0.3) is 0 Å². The fourth-order valence-corrected chi connectivity index (χ4v) is 8.68. The first-order valence-corrected chi connectivity index (χ1v) is 15.3. The van der Waals surface area contributed by atoms with Crippen LogP contribution in [0.5, 0.6) is 0 Å². The normalized spacial score (nSPS) is 13.0. The summed E-state index contributed by atoms with van der Waals surface area (Å²) < 4.78 is 51.1. The number of rotatable bonds is 18. The van der Waals surface area contributed by atoms with E-state index in [9.17, 15) is 9.13 Å². The molecule has 0 spiro atoms. The minimum Gasteiger partial charge on any atom is -0.308 e. The van der Waals surface area contributed by atoms with E-state index >= 15 is 0 Å². The van der Waals surface area contributed by atoms with Crippen molar-refractivity contribution in [3.8, 4) is 0 Å². The standard InChI is InChI=1S/C23H43N3O6P2/c1-8-29-33(27,30-9-2)23(34(28,31-10-3)32-11-4)18-22-19-26(25-24-22)17-13-16-21(7)15-12-14-20(5)6/h14,16,19,23H,8-13,15,17-18H2,1-7H3/b21-16+. The molecule has 1 heterocycles. The van der Waals surface area contributed by atoms with Crippen molar-refractivity contribution in [2.24, 2.45) is 0 Å². The van der Waals surface area contributed by atoms with Gasteiger partial charge in [0.25, 0.3) is 0 Å². The molecular formula is C23H43N3O6P2. The highest BCUT2D eigenvalue weighted by molar-refractivity contribution is 7.72. The molecule has 0 unspecified atom stereocenters. The van der Waals surface area contributed by atoms with Crippen LogP contribution in [0.15, 0.2) is 29.5 Å². The monoisotopic (exact) mass is 519 g/mol. The summed E-state index contributed by atoms with van der Waals surface area (Å²) >= 11 is 0. The highest BCUT2D eigenvalue weighted by Crippen LogP contribution is 2.71. The summed E-state index contributed by atoms with van der Waals surface area (Å²) in [4.78, 5) is 0. The van der Waals surface area contributed by atoms with Gasteiger partial charge in [0.15, 0.2) is 5.40 Å². The Morgan fingerprint density at radius 2 is 1.44 bits per heavy atom. The highest BCUT2D eigenvalue weighted by Gasteiger charge is 2.51. The predicted octanol–water partition coefficient (Wildman–Crippen LogP) is 6.76. The molecule has 0 aromatic carbocycles. The molecular weight excluding hydrogens is 476 g/mol. The van der Waals surface area contributed by atoms with Crippen LogP contribution >= 0.6 is 15.2 Å². The lowest BCUT2D eigenvalue weighted by molar-refractivity contribution is 0.195. The quantitative estimate of drug-likeness (QED) is 0.155. The van der Waals surface area contributed by atoms with Crippen molar-refractivity contribution in [1.29, 1.82) is 0 Å². The third-order valence-electron chi connectivity index (χ3n) is 4.89. The second-order valence-corrected chi connectivity index (χ2v) is 12.9. The van der Waals surface area contributed by atoms with Gasteiger partial charge in [-0.15, -0.1) is 5.10 Å². The molecule has 1 aromatic rings. The predicted molar refractivity (Wildman–Crippen MR) is 136 cm³/mol. The van der Waals surface area contributed by atoms with E-state index in [1.54, 1.807) is 38.6 Å². The van der Waals surface area contributed by atoms with Crippen LogP contribution in [0.4, 0.5) is 0 Å². The van der Waals surface area contributed by atoms with Gasteiger partial charge in [0.1, 0.15) is 0 Å². The van der Waals surface area contributed by atoms with Crippen molar-refractivity contribution >= 4 is 15.2 Å². The Morgan fingerprint density at radius 3 is 1.91 bits per heavy atom. The van der Waals surface area contributed by atoms with Crippen molar-refractivity contribution < 1.29 is 27.2 Å². The van der Waals surface area contributed by atoms with E-state index in [0.29, 0.717) is 12.2 Å². The van der Waals surface area contributed by atoms with Gasteiger partial charge in [-0.25, -0.2) is 0 Å². The Bertz CT molecular complexity index is 830. The second kappa shape index (κ2) is 15.8. The lowest BCUT2D eigenvalue weighted by Gasteiger charge is -2.30. The van der Waals surface area contributed by atoms with Gasteiger partial charge < -0.3 is 18.1 Å². The Kier molecular flexibility index (Phi) is 14.4. The molecule has 0 radical (unpaired) electrons. The van der Waals surface area contributed by atoms with Gasteiger partial charge in [-0.1, -0.05) is 28.5 Å². The van der Waals surface area contributed by atoms with Gasteiger partial charge in [-0.3, -0.25) is 13.8 Å². The van der Waals surface area contributed by atoms with E-state index in [4.69, 9.17) is 18.1 Å². The SMILES string of the molecule is CCOP(=O)(OCC)C(Cc1cn(CC/C=C(\C)CCC=C(C)C)nn1)P(=O)(OCC)OCC. The maximum Gasteiger partial charge on any atom is 0.346 e. The van der Waals surface area contributed by atoms with Crippen LogP contribution in [0.2, 0.25) is 0 Å². The maximum absolute atomic E-state index is 13.7.